The van der Waals surface area contributed by atoms with Gasteiger partial charge in [-0.05, 0) is 24.6 Å². The first-order valence-electron chi connectivity index (χ1n) is 6.33. The van der Waals surface area contributed by atoms with Gasteiger partial charge in [-0.1, -0.05) is 29.4 Å². The van der Waals surface area contributed by atoms with E-state index in [4.69, 9.17) is 11.6 Å². The lowest BCUT2D eigenvalue weighted by Gasteiger charge is -2.19. The number of thioether (sulfide) groups is 1. The first-order valence-corrected chi connectivity index (χ1v) is 7.58. The molecule has 1 aromatic heterocycles. The van der Waals surface area contributed by atoms with E-state index in [-0.39, 0.29) is 0 Å². The molecule has 0 aliphatic carbocycles. The van der Waals surface area contributed by atoms with Gasteiger partial charge in [0, 0.05) is 16.0 Å². The number of benzene rings is 1. The van der Waals surface area contributed by atoms with Gasteiger partial charge in [-0.25, -0.2) is 4.68 Å². The lowest BCUT2D eigenvalue weighted by atomic mass is 10.1. The van der Waals surface area contributed by atoms with Gasteiger partial charge >= 0.3 is 0 Å². The molecule has 0 atom stereocenters. The molecule has 0 saturated heterocycles. The number of nitrogens with zero attached hydrogens (tertiary/aromatic N) is 3. The van der Waals surface area contributed by atoms with Crippen LogP contribution in [0.2, 0.25) is 5.02 Å². The van der Waals surface area contributed by atoms with E-state index in [9.17, 15) is 0 Å². The molecule has 0 fully saturated rings. The number of quaternary nitrogens is 1. The van der Waals surface area contributed by atoms with Crippen LogP contribution in [0.5, 0.6) is 0 Å². The maximum atomic E-state index is 6.07. The highest BCUT2D eigenvalue weighted by atomic mass is 35.5. The van der Waals surface area contributed by atoms with Crippen molar-refractivity contribution in [3.8, 4) is 0 Å². The molecular weight excluding hydrogens is 294 g/mol. The van der Waals surface area contributed by atoms with Crippen molar-refractivity contribution in [2.45, 2.75) is 18.5 Å². The fourth-order valence-electron chi connectivity index (χ4n) is 2.01. The number of halogens is 1. The minimum absolute atomic E-state index is 0.778. The second-order valence-electron chi connectivity index (χ2n) is 4.56. The largest absolute Gasteiger partial charge is 0.357 e. The monoisotopic (exact) mass is 308 g/mol. The van der Waals surface area contributed by atoms with Crippen molar-refractivity contribution in [3.05, 3.63) is 45.6 Å². The second kappa shape index (κ2) is 5.47. The van der Waals surface area contributed by atoms with Gasteiger partial charge in [0.05, 0.1) is 18.7 Å². The van der Waals surface area contributed by atoms with Crippen LogP contribution in [0.1, 0.15) is 17.0 Å². The Labute approximate surface area is 126 Å². The Morgan fingerprint density at radius 3 is 3.00 bits per heavy atom. The van der Waals surface area contributed by atoms with Gasteiger partial charge in [0.25, 0.3) is 0 Å². The van der Waals surface area contributed by atoms with Crippen LogP contribution in [0.3, 0.4) is 0 Å². The number of rotatable bonds is 3. The van der Waals surface area contributed by atoms with Gasteiger partial charge in [0.15, 0.2) is 5.82 Å². The molecule has 5 nitrogen and oxygen atoms in total. The number of aryl methyl sites for hydroxylation is 1. The topological polar surface area (TPSA) is 70.4 Å². The molecular formula is C13H15ClN5S+. The summed E-state index contributed by atoms with van der Waals surface area (Å²) >= 11 is 7.63. The molecule has 4 N–H and O–H groups in total. The number of nitrogens with one attached hydrogen (secondary N) is 1. The highest BCUT2D eigenvalue weighted by Gasteiger charge is 2.18. The standard InChI is InChI=1S/C13H14ClN5S/c1-8-6-9(2-3-10(8)14)11-7-20-13-17-16-12(4-5-15)19(13)18-11/h2-3,6-7,18H,4-5,15H2,1H3/p+1. The van der Waals surface area contributed by atoms with Crippen molar-refractivity contribution in [1.29, 1.82) is 0 Å². The van der Waals surface area contributed by atoms with Crippen LogP contribution in [-0.2, 0) is 6.42 Å². The smallest absolute Gasteiger partial charge is 0.214 e. The molecule has 2 aromatic rings. The molecule has 0 unspecified atom stereocenters. The summed E-state index contributed by atoms with van der Waals surface area (Å²) in [5.41, 5.74) is 10.4. The molecule has 0 amide bonds. The van der Waals surface area contributed by atoms with Crippen molar-refractivity contribution in [1.82, 2.24) is 14.9 Å². The minimum atomic E-state index is 0.778. The minimum Gasteiger partial charge on any atom is -0.357 e. The summed E-state index contributed by atoms with van der Waals surface area (Å²) in [6.45, 7) is 2.80. The van der Waals surface area contributed by atoms with Crippen molar-refractivity contribution in [3.63, 3.8) is 0 Å². The van der Waals surface area contributed by atoms with E-state index >= 15 is 0 Å². The molecule has 3 rings (SSSR count). The van der Waals surface area contributed by atoms with E-state index in [2.05, 4.69) is 27.4 Å². The zero-order valence-electron chi connectivity index (χ0n) is 11.1. The Kier molecular flexibility index (Phi) is 3.69. The average Bonchev–Trinajstić information content (AvgIpc) is 2.85. The lowest BCUT2D eigenvalue weighted by molar-refractivity contribution is -0.366. The van der Waals surface area contributed by atoms with Crippen LogP contribution in [-0.4, -0.2) is 21.4 Å². The highest BCUT2D eigenvalue weighted by Crippen LogP contribution is 2.29. The third kappa shape index (κ3) is 2.42. The number of hydrogen-bond acceptors (Lipinski definition) is 4. The summed E-state index contributed by atoms with van der Waals surface area (Å²) in [5, 5.41) is 12.0. The van der Waals surface area contributed by atoms with E-state index in [0.717, 1.165) is 45.8 Å². The average molecular weight is 309 g/mol. The zero-order valence-corrected chi connectivity index (χ0v) is 12.6. The first kappa shape index (κ1) is 13.5. The van der Waals surface area contributed by atoms with Crippen molar-refractivity contribution in [2.24, 2.45) is 0 Å². The van der Waals surface area contributed by atoms with Gasteiger partial charge in [0.2, 0.25) is 5.16 Å². The lowest BCUT2D eigenvalue weighted by Crippen LogP contribution is -2.51. The Morgan fingerprint density at radius 2 is 2.25 bits per heavy atom. The quantitative estimate of drug-likeness (QED) is 0.905. The first-order chi connectivity index (χ1) is 9.69. The Morgan fingerprint density at radius 1 is 1.40 bits per heavy atom. The molecule has 0 saturated carbocycles. The predicted octanol–water partition coefficient (Wildman–Crippen LogP) is 1.67. The van der Waals surface area contributed by atoms with Crippen LogP contribution < -0.4 is 11.2 Å². The molecule has 7 heteroatoms. The van der Waals surface area contributed by atoms with E-state index < -0.39 is 0 Å². The van der Waals surface area contributed by atoms with Gasteiger partial charge in [-0.3, -0.25) is 5.43 Å². The van der Waals surface area contributed by atoms with E-state index in [1.54, 1.807) is 11.8 Å². The number of fused-ring (bicyclic) bond motifs is 1. The van der Waals surface area contributed by atoms with Crippen molar-refractivity contribution < 1.29 is 5.73 Å². The van der Waals surface area contributed by atoms with Gasteiger partial charge in [0.1, 0.15) is 0 Å². The maximum absolute atomic E-state index is 6.07. The molecule has 0 spiro atoms. The fourth-order valence-corrected chi connectivity index (χ4v) is 2.89. The summed E-state index contributed by atoms with van der Waals surface area (Å²) in [4.78, 5) is 0. The van der Waals surface area contributed by atoms with Gasteiger partial charge < -0.3 is 5.73 Å². The normalized spacial score (nSPS) is 13.7. The third-order valence-corrected chi connectivity index (χ3v) is 4.34. The molecule has 1 aromatic carbocycles. The van der Waals surface area contributed by atoms with E-state index in [0.29, 0.717) is 0 Å². The Bertz CT molecular complexity index is 679. The van der Waals surface area contributed by atoms with Crippen molar-refractivity contribution >= 4 is 29.1 Å². The highest BCUT2D eigenvalue weighted by molar-refractivity contribution is 8.02. The van der Waals surface area contributed by atoms with Crippen LogP contribution in [0.25, 0.3) is 5.70 Å². The maximum Gasteiger partial charge on any atom is 0.214 e. The Balaban J connectivity index is 1.91. The molecule has 1 aliphatic heterocycles. The summed E-state index contributed by atoms with van der Waals surface area (Å²) in [6, 6.07) is 5.99. The van der Waals surface area contributed by atoms with Crippen LogP contribution in [0, 0.1) is 6.92 Å². The number of hydrogen-bond donors (Lipinski definition) is 2. The molecule has 1 aliphatic rings. The molecule has 20 heavy (non-hydrogen) atoms. The summed E-state index contributed by atoms with van der Waals surface area (Å²) in [6.07, 6.45) is 0.799. The van der Waals surface area contributed by atoms with Crippen LogP contribution in [0.15, 0.2) is 28.8 Å². The second-order valence-corrected chi connectivity index (χ2v) is 5.81. The molecule has 0 radical (unpaired) electrons. The Hall–Kier alpha value is -1.50. The fraction of sp³-hybridized carbons (Fsp3) is 0.231. The third-order valence-electron chi connectivity index (χ3n) is 3.08. The van der Waals surface area contributed by atoms with E-state index in [1.165, 1.54) is 0 Å². The van der Waals surface area contributed by atoms with E-state index in [1.807, 2.05) is 29.1 Å². The zero-order chi connectivity index (χ0) is 14.1. The summed E-state index contributed by atoms with van der Waals surface area (Å²) in [5.74, 6) is 0.902. The van der Waals surface area contributed by atoms with Crippen molar-refractivity contribution in [2.75, 3.05) is 12.0 Å². The molecule has 104 valence electrons. The van der Waals surface area contributed by atoms with Crippen LogP contribution in [0.4, 0.5) is 0 Å². The predicted molar refractivity (Wildman–Crippen MR) is 80.9 cm³/mol. The summed E-state index contributed by atoms with van der Waals surface area (Å²) < 4.78 is 1.93. The number of aromatic nitrogens is 3. The molecule has 0 bridgehead atoms. The van der Waals surface area contributed by atoms with Gasteiger partial charge in [-0.2, -0.15) is 0 Å². The summed E-state index contributed by atoms with van der Waals surface area (Å²) in [7, 11) is 0. The van der Waals surface area contributed by atoms with Gasteiger partial charge in [-0.15, -0.1) is 10.2 Å². The SMILES string of the molecule is Cc1cc(C2=CSc3nnc(CC[NH3+])n3N2)ccc1Cl. The van der Waals surface area contributed by atoms with Crippen LogP contribution >= 0.6 is 23.4 Å². The molecule has 2 heterocycles.